The Morgan fingerprint density at radius 3 is 2.74 bits per heavy atom. The monoisotopic (exact) mass is 319 g/mol. The van der Waals surface area contributed by atoms with Crippen LogP contribution in [0.4, 0.5) is 4.79 Å². The number of nitrogens with zero attached hydrogens (tertiary/aromatic N) is 5. The lowest BCUT2D eigenvalue weighted by atomic mass is 10.1. The Hall–Kier alpha value is -1.60. The van der Waals surface area contributed by atoms with Gasteiger partial charge in [-0.3, -0.25) is 9.58 Å². The van der Waals surface area contributed by atoms with Gasteiger partial charge in [-0.05, 0) is 12.8 Å². The smallest absolute Gasteiger partial charge is 0.320 e. The van der Waals surface area contributed by atoms with Gasteiger partial charge in [0.1, 0.15) is 0 Å². The van der Waals surface area contributed by atoms with Crippen LogP contribution in [0.3, 0.4) is 0 Å². The minimum atomic E-state index is 0.239. The second-order valence-electron chi connectivity index (χ2n) is 6.88. The lowest BCUT2D eigenvalue weighted by molar-refractivity contribution is 0.0504. The summed E-state index contributed by atoms with van der Waals surface area (Å²) in [5.74, 6) is 0. The van der Waals surface area contributed by atoms with Gasteiger partial charge in [0.15, 0.2) is 0 Å². The molecule has 0 spiro atoms. The molecule has 0 aliphatic carbocycles. The van der Waals surface area contributed by atoms with Crippen LogP contribution in [0.1, 0.15) is 18.4 Å². The van der Waals surface area contributed by atoms with Gasteiger partial charge in [-0.15, -0.1) is 0 Å². The Labute approximate surface area is 136 Å². The van der Waals surface area contributed by atoms with Crippen LogP contribution in [0.15, 0.2) is 12.4 Å². The molecule has 4 heterocycles. The third kappa shape index (κ3) is 2.95. The summed E-state index contributed by atoms with van der Waals surface area (Å²) in [4.78, 5) is 19.3. The van der Waals surface area contributed by atoms with E-state index in [0.717, 1.165) is 58.8 Å². The van der Waals surface area contributed by atoms with E-state index in [1.807, 2.05) is 17.9 Å². The van der Waals surface area contributed by atoms with Gasteiger partial charge in [0.25, 0.3) is 0 Å². The number of carbonyl (C=O) groups is 1. The fourth-order valence-electron chi connectivity index (χ4n) is 4.06. The molecule has 3 saturated heterocycles. The average molecular weight is 319 g/mol. The quantitative estimate of drug-likeness (QED) is 0.815. The molecule has 1 aromatic heterocycles. The van der Waals surface area contributed by atoms with E-state index < -0.39 is 0 Å². The van der Waals surface area contributed by atoms with Crippen LogP contribution in [0.2, 0.25) is 0 Å². The number of hydrogen-bond donors (Lipinski definition) is 0. The van der Waals surface area contributed by atoms with Crippen molar-refractivity contribution in [2.24, 2.45) is 7.05 Å². The number of aromatic nitrogens is 2. The zero-order chi connectivity index (χ0) is 15.8. The van der Waals surface area contributed by atoms with Gasteiger partial charge < -0.3 is 14.5 Å². The molecule has 1 atom stereocenters. The normalized spacial score (nSPS) is 26.8. The molecular formula is C16H25N5O2. The van der Waals surface area contributed by atoms with Crippen molar-refractivity contribution in [3.8, 4) is 0 Å². The number of amides is 2. The highest BCUT2D eigenvalue weighted by molar-refractivity contribution is 5.77. The highest BCUT2D eigenvalue weighted by Gasteiger charge is 2.43. The Kier molecular flexibility index (Phi) is 3.98. The molecule has 3 aliphatic rings. The summed E-state index contributed by atoms with van der Waals surface area (Å²) in [7, 11) is 1.95. The highest BCUT2D eigenvalue weighted by Crippen LogP contribution is 2.26. The van der Waals surface area contributed by atoms with Crippen LogP contribution in [0, 0.1) is 0 Å². The number of carbonyl (C=O) groups excluding carboxylic acids is 1. The second kappa shape index (κ2) is 6.13. The summed E-state index contributed by atoms with van der Waals surface area (Å²) in [6, 6.07) is 0.937. The molecule has 0 bridgehead atoms. The maximum atomic E-state index is 12.7. The Bertz CT molecular complexity index is 569. The lowest BCUT2D eigenvalue weighted by Gasteiger charge is -2.36. The molecule has 0 radical (unpaired) electrons. The third-order valence-corrected chi connectivity index (χ3v) is 5.26. The van der Waals surface area contributed by atoms with E-state index in [2.05, 4.69) is 26.0 Å². The van der Waals surface area contributed by atoms with Crippen LogP contribution in [-0.4, -0.2) is 82.0 Å². The first-order chi connectivity index (χ1) is 11.2. The molecule has 3 fully saturated rings. The molecule has 1 aromatic rings. The predicted molar refractivity (Wildman–Crippen MR) is 84.9 cm³/mol. The molecule has 0 saturated carbocycles. The number of hydrogen-bond acceptors (Lipinski definition) is 4. The molecule has 7 heteroatoms. The van der Waals surface area contributed by atoms with Crippen molar-refractivity contribution in [1.29, 1.82) is 0 Å². The number of rotatable bonds is 3. The first-order valence-electron chi connectivity index (χ1n) is 8.55. The van der Waals surface area contributed by atoms with Gasteiger partial charge in [0.05, 0.1) is 12.2 Å². The molecule has 0 unspecified atom stereocenters. The number of piperazine rings is 1. The van der Waals surface area contributed by atoms with Crippen molar-refractivity contribution in [3.05, 3.63) is 18.0 Å². The molecule has 4 rings (SSSR count). The van der Waals surface area contributed by atoms with Crippen molar-refractivity contribution >= 4 is 6.03 Å². The molecule has 7 nitrogen and oxygen atoms in total. The summed E-state index contributed by atoms with van der Waals surface area (Å²) in [6.45, 7) is 6.09. The van der Waals surface area contributed by atoms with Gasteiger partial charge in [-0.25, -0.2) is 4.79 Å². The van der Waals surface area contributed by atoms with Gasteiger partial charge in [0, 0.05) is 70.8 Å². The largest absolute Gasteiger partial charge is 0.381 e. The van der Waals surface area contributed by atoms with Crippen molar-refractivity contribution in [3.63, 3.8) is 0 Å². The molecule has 0 N–H and O–H groups in total. The Morgan fingerprint density at radius 1 is 1.17 bits per heavy atom. The fourth-order valence-corrected chi connectivity index (χ4v) is 4.06. The van der Waals surface area contributed by atoms with Gasteiger partial charge >= 0.3 is 6.03 Å². The highest BCUT2D eigenvalue weighted by atomic mass is 16.5. The maximum Gasteiger partial charge on any atom is 0.320 e. The molecule has 2 amide bonds. The summed E-state index contributed by atoms with van der Waals surface area (Å²) in [5, 5.41) is 4.24. The van der Waals surface area contributed by atoms with E-state index in [1.54, 1.807) is 0 Å². The van der Waals surface area contributed by atoms with Crippen LogP contribution in [0.5, 0.6) is 0 Å². The summed E-state index contributed by atoms with van der Waals surface area (Å²) >= 11 is 0. The summed E-state index contributed by atoms with van der Waals surface area (Å²) in [5.41, 5.74) is 1.24. The molecule has 23 heavy (non-hydrogen) atoms. The van der Waals surface area contributed by atoms with E-state index in [9.17, 15) is 4.79 Å². The summed E-state index contributed by atoms with van der Waals surface area (Å²) < 4.78 is 7.28. The van der Waals surface area contributed by atoms with Crippen LogP contribution < -0.4 is 0 Å². The molecule has 126 valence electrons. The van der Waals surface area contributed by atoms with Crippen LogP contribution in [-0.2, 0) is 18.3 Å². The Balaban J connectivity index is 1.38. The Morgan fingerprint density at radius 2 is 2.00 bits per heavy atom. The minimum Gasteiger partial charge on any atom is -0.381 e. The van der Waals surface area contributed by atoms with Crippen molar-refractivity contribution in [2.75, 3.05) is 39.4 Å². The van der Waals surface area contributed by atoms with Gasteiger partial charge in [-0.2, -0.15) is 5.10 Å². The molecule has 3 aliphatic heterocycles. The van der Waals surface area contributed by atoms with Crippen molar-refractivity contribution in [1.82, 2.24) is 24.5 Å². The zero-order valence-corrected chi connectivity index (χ0v) is 13.7. The topological polar surface area (TPSA) is 53.8 Å². The van der Waals surface area contributed by atoms with Crippen LogP contribution >= 0.6 is 0 Å². The minimum absolute atomic E-state index is 0.239. The van der Waals surface area contributed by atoms with E-state index in [4.69, 9.17) is 4.74 Å². The standard InChI is InChI=1S/C16H25N5O2/c1-18-9-13(8-17-18)10-19-4-5-20-15(11-19)12-21(16(20)22)14-2-6-23-7-3-14/h8-9,14-15H,2-7,10-12H2,1H3/t15-/m1/s1. The predicted octanol–water partition coefficient (Wildman–Crippen LogP) is 0.521. The molecular weight excluding hydrogens is 294 g/mol. The lowest BCUT2D eigenvalue weighted by Crippen LogP contribution is -2.51. The van der Waals surface area contributed by atoms with Gasteiger partial charge in [-0.1, -0.05) is 0 Å². The van der Waals surface area contributed by atoms with E-state index in [1.165, 1.54) is 5.56 Å². The number of aryl methyl sites for hydroxylation is 1. The fraction of sp³-hybridized carbons (Fsp3) is 0.750. The maximum absolute atomic E-state index is 12.7. The van der Waals surface area contributed by atoms with E-state index in [0.29, 0.717) is 12.1 Å². The first-order valence-corrected chi connectivity index (χ1v) is 8.55. The number of urea groups is 1. The summed E-state index contributed by atoms with van der Waals surface area (Å²) in [6.07, 6.45) is 5.96. The first kappa shape index (κ1) is 15.0. The van der Waals surface area contributed by atoms with Crippen molar-refractivity contribution in [2.45, 2.75) is 31.5 Å². The van der Waals surface area contributed by atoms with Crippen molar-refractivity contribution < 1.29 is 9.53 Å². The SMILES string of the molecule is Cn1cc(CN2CCN3C(=O)N(C4CCOCC4)C[C@H]3C2)cn1. The average Bonchev–Trinajstić information content (AvgIpc) is 3.12. The second-order valence-corrected chi connectivity index (χ2v) is 6.88. The van der Waals surface area contributed by atoms with E-state index in [-0.39, 0.29) is 6.03 Å². The zero-order valence-electron chi connectivity index (χ0n) is 13.7. The number of ether oxygens (including phenoxy) is 1. The number of fused-ring (bicyclic) bond motifs is 1. The third-order valence-electron chi connectivity index (χ3n) is 5.26. The van der Waals surface area contributed by atoms with E-state index >= 15 is 0 Å². The van der Waals surface area contributed by atoms with Crippen LogP contribution in [0.25, 0.3) is 0 Å². The molecule has 0 aromatic carbocycles. The van der Waals surface area contributed by atoms with Gasteiger partial charge in [0.2, 0.25) is 0 Å².